The van der Waals surface area contributed by atoms with Crippen LogP contribution in [-0.4, -0.2) is 41.5 Å². The van der Waals surface area contributed by atoms with Crippen molar-refractivity contribution in [3.8, 4) is 0 Å². The highest BCUT2D eigenvalue weighted by Gasteiger charge is 2.25. The van der Waals surface area contributed by atoms with E-state index in [9.17, 15) is 4.79 Å². The lowest BCUT2D eigenvalue weighted by Crippen LogP contribution is -2.44. The molecule has 1 aromatic rings. The number of amides is 1. The first-order chi connectivity index (χ1) is 12.1. The Bertz CT molecular complexity index is 564. The molecule has 0 radical (unpaired) electrons. The van der Waals surface area contributed by atoms with Gasteiger partial charge < -0.3 is 10.2 Å². The molecule has 1 amide bonds. The molecule has 1 N–H and O–H groups in total. The van der Waals surface area contributed by atoms with Gasteiger partial charge in [-0.15, -0.1) is 0 Å². The first kappa shape index (κ1) is 18.7. The second-order valence-electron chi connectivity index (χ2n) is 7.61. The lowest BCUT2D eigenvalue weighted by atomic mass is 9.79. The summed E-state index contributed by atoms with van der Waals surface area (Å²) in [4.78, 5) is 17.8. The van der Waals surface area contributed by atoms with Crippen molar-refractivity contribution >= 4 is 17.5 Å². The van der Waals surface area contributed by atoms with Gasteiger partial charge >= 0.3 is 0 Å². The fraction of sp³-hybridized carbons (Fsp3) is 0.700. The molecule has 0 unspecified atom stereocenters. The maximum absolute atomic E-state index is 11.4. The number of pyridine rings is 1. The van der Waals surface area contributed by atoms with Gasteiger partial charge in [0.1, 0.15) is 0 Å². The van der Waals surface area contributed by atoms with Crippen LogP contribution in [0.15, 0.2) is 18.3 Å². The Kier molecular flexibility index (Phi) is 6.71. The Balaban J connectivity index is 1.33. The third-order valence-corrected chi connectivity index (χ3v) is 6.27. The predicted octanol–water partition coefficient (Wildman–Crippen LogP) is 4.00. The zero-order valence-electron chi connectivity index (χ0n) is 15.2. The molecule has 138 valence electrons. The summed E-state index contributed by atoms with van der Waals surface area (Å²) in [6.45, 7) is 4.58. The lowest BCUT2D eigenvalue weighted by Gasteiger charge is -2.33. The number of rotatable bonds is 5. The van der Waals surface area contributed by atoms with E-state index in [1.807, 2.05) is 23.2 Å². The number of hydrogen-bond donors (Lipinski definition) is 1. The van der Waals surface area contributed by atoms with E-state index >= 15 is 0 Å². The number of nitrogens with zero attached hydrogens (tertiary/aromatic N) is 2. The maximum Gasteiger partial charge on any atom is 0.219 e. The number of likely N-dealkylation sites (tertiary alicyclic amines) is 1. The van der Waals surface area contributed by atoms with Crippen LogP contribution in [-0.2, 0) is 4.79 Å². The van der Waals surface area contributed by atoms with Gasteiger partial charge in [0.05, 0.1) is 10.7 Å². The third-order valence-electron chi connectivity index (χ3n) is 5.95. The van der Waals surface area contributed by atoms with Crippen molar-refractivity contribution in [1.29, 1.82) is 0 Å². The summed E-state index contributed by atoms with van der Waals surface area (Å²) in [5.74, 6) is 1.57. The molecule has 0 bridgehead atoms. The molecule has 0 spiro atoms. The number of carbonyl (C=O) groups is 1. The first-order valence-corrected chi connectivity index (χ1v) is 10.1. The van der Waals surface area contributed by atoms with Crippen molar-refractivity contribution in [2.45, 2.75) is 63.8 Å². The number of hydrogen-bond acceptors (Lipinski definition) is 3. The molecule has 3 rings (SSSR count). The number of halogens is 1. The molecule has 2 aliphatic rings. The minimum absolute atomic E-state index is 0.211. The van der Waals surface area contributed by atoms with E-state index in [0.29, 0.717) is 12.0 Å². The van der Waals surface area contributed by atoms with Crippen LogP contribution in [0.4, 0.5) is 0 Å². The van der Waals surface area contributed by atoms with E-state index in [1.54, 1.807) is 6.92 Å². The molecule has 1 aromatic heterocycles. The smallest absolute Gasteiger partial charge is 0.219 e. The second-order valence-corrected chi connectivity index (χ2v) is 8.02. The van der Waals surface area contributed by atoms with E-state index in [4.69, 9.17) is 11.6 Å². The van der Waals surface area contributed by atoms with Crippen molar-refractivity contribution in [2.24, 2.45) is 5.92 Å². The van der Waals surface area contributed by atoms with Crippen LogP contribution in [0.2, 0.25) is 5.02 Å². The minimum Gasteiger partial charge on any atom is -0.343 e. The minimum atomic E-state index is 0.211. The fourth-order valence-electron chi connectivity index (χ4n) is 4.31. The van der Waals surface area contributed by atoms with Crippen LogP contribution in [0.5, 0.6) is 0 Å². The monoisotopic (exact) mass is 363 g/mol. The molecule has 5 heteroatoms. The number of carbonyl (C=O) groups excluding carboxylic acids is 1. The molecule has 1 aliphatic heterocycles. The molecule has 2 fully saturated rings. The lowest BCUT2D eigenvalue weighted by molar-refractivity contribution is -0.129. The summed E-state index contributed by atoms with van der Waals surface area (Å²) in [5, 5.41) is 4.53. The third kappa shape index (κ3) is 5.18. The summed E-state index contributed by atoms with van der Waals surface area (Å²) in [5.41, 5.74) is 1.10. The van der Waals surface area contributed by atoms with Crippen LogP contribution < -0.4 is 5.32 Å². The van der Waals surface area contributed by atoms with Crippen molar-refractivity contribution in [3.63, 3.8) is 0 Å². The van der Waals surface area contributed by atoms with Gasteiger partial charge in [-0.05, 0) is 69.5 Å². The molecule has 0 aromatic carbocycles. The second kappa shape index (κ2) is 9.00. The molecule has 1 saturated carbocycles. The van der Waals surface area contributed by atoms with E-state index in [0.717, 1.165) is 49.1 Å². The Hall–Kier alpha value is -1.13. The zero-order chi connectivity index (χ0) is 17.6. The summed E-state index contributed by atoms with van der Waals surface area (Å²) in [6, 6.07) is 4.45. The van der Waals surface area contributed by atoms with Gasteiger partial charge in [0.2, 0.25) is 5.91 Å². The molecule has 1 saturated heterocycles. The number of piperidine rings is 1. The highest BCUT2D eigenvalue weighted by molar-refractivity contribution is 6.31. The largest absolute Gasteiger partial charge is 0.343 e. The maximum atomic E-state index is 11.4. The average Bonchev–Trinajstić information content (AvgIpc) is 2.63. The van der Waals surface area contributed by atoms with Gasteiger partial charge in [0, 0.05) is 38.2 Å². The molecule has 4 nitrogen and oxygen atoms in total. The van der Waals surface area contributed by atoms with Crippen LogP contribution >= 0.6 is 11.6 Å². The zero-order valence-corrected chi connectivity index (χ0v) is 16.0. The van der Waals surface area contributed by atoms with Gasteiger partial charge in [-0.25, -0.2) is 0 Å². The number of aromatic nitrogens is 1. The van der Waals surface area contributed by atoms with Crippen molar-refractivity contribution < 1.29 is 4.79 Å². The van der Waals surface area contributed by atoms with Crippen molar-refractivity contribution in [1.82, 2.24) is 15.2 Å². The summed E-state index contributed by atoms with van der Waals surface area (Å²) < 4.78 is 0. The summed E-state index contributed by atoms with van der Waals surface area (Å²) in [7, 11) is 0. The topological polar surface area (TPSA) is 45.2 Å². The molecule has 25 heavy (non-hydrogen) atoms. The van der Waals surface area contributed by atoms with Crippen molar-refractivity contribution in [3.05, 3.63) is 29.0 Å². The van der Waals surface area contributed by atoms with Crippen LogP contribution in [0.25, 0.3) is 0 Å². The van der Waals surface area contributed by atoms with Crippen molar-refractivity contribution in [2.75, 3.05) is 19.6 Å². The normalized spacial score (nSPS) is 25.1. The van der Waals surface area contributed by atoms with Gasteiger partial charge in [-0.2, -0.15) is 0 Å². The molecule has 0 atom stereocenters. The standard InChI is InChI=1S/C20H30ClN3O/c1-15(25)24-13-9-18(10-14-24)22-12-8-16-4-6-17(7-5-16)20-19(21)3-2-11-23-20/h2-3,11,16-18,22H,4-10,12-14H2,1H3. The Morgan fingerprint density at radius 3 is 2.60 bits per heavy atom. The van der Waals surface area contributed by atoms with Crippen LogP contribution in [0.3, 0.4) is 0 Å². The quantitative estimate of drug-likeness (QED) is 0.860. The highest BCUT2D eigenvalue weighted by Crippen LogP contribution is 2.38. The van der Waals surface area contributed by atoms with Gasteiger partial charge in [-0.1, -0.05) is 11.6 Å². The SMILES string of the molecule is CC(=O)N1CCC(NCCC2CCC(c3ncccc3Cl)CC2)CC1. The average molecular weight is 364 g/mol. The van der Waals surface area contributed by atoms with Gasteiger partial charge in [0.15, 0.2) is 0 Å². The molecular formula is C20H30ClN3O. The molecule has 1 aliphatic carbocycles. The van der Waals surface area contributed by atoms with E-state index < -0.39 is 0 Å². The molecular weight excluding hydrogens is 334 g/mol. The van der Waals surface area contributed by atoms with Gasteiger partial charge in [0.25, 0.3) is 0 Å². The van der Waals surface area contributed by atoms with E-state index in [1.165, 1.54) is 32.1 Å². The van der Waals surface area contributed by atoms with E-state index in [2.05, 4.69) is 10.3 Å². The predicted molar refractivity (Wildman–Crippen MR) is 102 cm³/mol. The molecule has 2 heterocycles. The van der Waals surface area contributed by atoms with E-state index in [-0.39, 0.29) is 5.91 Å². The Morgan fingerprint density at radius 2 is 1.96 bits per heavy atom. The van der Waals surface area contributed by atoms with Crippen LogP contribution in [0.1, 0.15) is 63.5 Å². The Morgan fingerprint density at radius 1 is 1.24 bits per heavy atom. The highest BCUT2D eigenvalue weighted by atomic mass is 35.5. The Labute approximate surface area is 156 Å². The van der Waals surface area contributed by atoms with Crippen LogP contribution in [0, 0.1) is 5.92 Å². The fourth-order valence-corrected chi connectivity index (χ4v) is 4.59. The first-order valence-electron chi connectivity index (χ1n) is 9.72. The summed E-state index contributed by atoms with van der Waals surface area (Å²) in [6.07, 6.45) is 10.3. The summed E-state index contributed by atoms with van der Waals surface area (Å²) >= 11 is 6.30. The van der Waals surface area contributed by atoms with Gasteiger partial charge in [-0.3, -0.25) is 9.78 Å². The number of nitrogens with one attached hydrogen (secondary N) is 1.